The molecule has 71 heavy (non-hydrogen) atoms. The number of aromatic nitrogens is 4. The van der Waals surface area contributed by atoms with Crippen LogP contribution in [0.1, 0.15) is 25.0 Å². The van der Waals surface area contributed by atoms with Gasteiger partial charge in [0.1, 0.15) is 11.6 Å². The van der Waals surface area contributed by atoms with Crippen molar-refractivity contribution >= 4 is 108 Å². The molecule has 4 heteroatoms. The van der Waals surface area contributed by atoms with Gasteiger partial charge in [-0.15, -0.1) is 0 Å². The molecule has 1 aliphatic carbocycles. The second-order valence-electron chi connectivity index (χ2n) is 20.1. The van der Waals surface area contributed by atoms with E-state index in [-0.39, 0.29) is 5.41 Å². The molecule has 0 unspecified atom stereocenters. The van der Waals surface area contributed by atoms with Crippen molar-refractivity contribution in [1.29, 1.82) is 0 Å². The lowest BCUT2D eigenvalue weighted by Gasteiger charge is -2.23. The highest BCUT2D eigenvalue weighted by Crippen LogP contribution is 2.54. The summed E-state index contributed by atoms with van der Waals surface area (Å²) >= 11 is 0. The second kappa shape index (κ2) is 14.0. The largest absolute Gasteiger partial charge is 0.294 e. The minimum Gasteiger partial charge on any atom is -0.294 e. The van der Waals surface area contributed by atoms with Crippen LogP contribution in [0.4, 0.5) is 0 Å². The van der Waals surface area contributed by atoms with Crippen molar-refractivity contribution in [3.05, 3.63) is 230 Å². The Kier molecular flexibility index (Phi) is 7.65. The Bertz CT molecular complexity index is 4620. The van der Waals surface area contributed by atoms with E-state index in [1.807, 2.05) is 0 Å². The number of rotatable bonds is 3. The van der Waals surface area contributed by atoms with E-state index >= 15 is 0 Å². The van der Waals surface area contributed by atoms with E-state index in [4.69, 9.17) is 9.97 Å². The lowest BCUT2D eigenvalue weighted by molar-refractivity contribution is 0.662. The Morgan fingerprint density at radius 1 is 0.282 bits per heavy atom. The van der Waals surface area contributed by atoms with Crippen LogP contribution in [0.25, 0.3) is 142 Å². The predicted octanol–water partition coefficient (Wildman–Crippen LogP) is 17.6. The summed E-state index contributed by atoms with van der Waals surface area (Å²) in [6, 6.07) is 80.5. The third kappa shape index (κ3) is 5.23. The first-order chi connectivity index (χ1) is 35.0. The van der Waals surface area contributed by atoms with Gasteiger partial charge in [-0.25, -0.2) is 9.97 Å². The zero-order valence-electron chi connectivity index (χ0n) is 39.1. The number of benzene rings is 12. The summed E-state index contributed by atoms with van der Waals surface area (Å²) in [6.07, 6.45) is 0. The van der Waals surface area contributed by atoms with E-state index in [0.29, 0.717) is 5.82 Å². The maximum atomic E-state index is 5.56. The van der Waals surface area contributed by atoms with Crippen LogP contribution in [0.15, 0.2) is 218 Å². The zero-order valence-corrected chi connectivity index (χ0v) is 39.1. The average molecular weight is 903 g/mol. The number of para-hydroxylation sites is 4. The molecule has 0 amide bonds. The molecule has 1 aliphatic rings. The molecule has 0 saturated carbocycles. The monoisotopic (exact) mass is 902 g/mol. The molecule has 0 N–H and O–H groups in total. The molecule has 0 aliphatic heterocycles. The number of hydrogen-bond acceptors (Lipinski definition) is 2. The van der Waals surface area contributed by atoms with Crippen LogP contribution in [-0.4, -0.2) is 19.1 Å². The van der Waals surface area contributed by atoms with Gasteiger partial charge in [-0.1, -0.05) is 172 Å². The fourth-order valence-corrected chi connectivity index (χ4v) is 12.8. The summed E-state index contributed by atoms with van der Waals surface area (Å²) in [6.45, 7) is 4.82. The summed E-state index contributed by atoms with van der Waals surface area (Å²) < 4.78 is 4.62. The van der Waals surface area contributed by atoms with Gasteiger partial charge >= 0.3 is 0 Å². The van der Waals surface area contributed by atoms with Crippen LogP contribution in [0.2, 0.25) is 0 Å². The standard InChI is InChI=1S/C67H42N4/c1-67(2)58-36-54-43-20-6-4-18-41(43)40-17-3-5-19-42(40)52(54)34-56(58)57-35-53-46-32-31-39(33-51(46)44-21-7-8-22-45(44)55(53)37-59(57)67)66-68-64(70-60-27-13-9-23-47(60)48-24-10-14-28-61(48)70)38-65(69-66)71-62-29-15-11-25-49(62)50-26-12-16-30-63(50)71/h3-38H,1-2H3. The van der Waals surface area contributed by atoms with E-state index in [9.17, 15) is 0 Å². The lowest BCUT2D eigenvalue weighted by atomic mass is 9.80. The Labute approximate surface area is 408 Å². The van der Waals surface area contributed by atoms with Crippen molar-refractivity contribution in [3.63, 3.8) is 0 Å². The molecule has 0 saturated heterocycles. The molecule has 330 valence electrons. The van der Waals surface area contributed by atoms with Crippen LogP contribution in [0, 0.1) is 0 Å². The van der Waals surface area contributed by atoms with Crippen molar-refractivity contribution in [2.24, 2.45) is 0 Å². The molecule has 0 atom stereocenters. The molecule has 0 fully saturated rings. The molecule has 0 bridgehead atoms. The molecule has 3 heterocycles. The molecule has 4 nitrogen and oxygen atoms in total. The smallest absolute Gasteiger partial charge is 0.163 e. The summed E-state index contributed by atoms with van der Waals surface area (Å²) in [5.74, 6) is 2.30. The van der Waals surface area contributed by atoms with Gasteiger partial charge < -0.3 is 0 Å². The maximum absolute atomic E-state index is 5.56. The van der Waals surface area contributed by atoms with Gasteiger partial charge in [-0.3, -0.25) is 9.13 Å². The van der Waals surface area contributed by atoms with Crippen LogP contribution in [0.3, 0.4) is 0 Å². The van der Waals surface area contributed by atoms with Crippen LogP contribution >= 0.6 is 0 Å². The highest BCUT2D eigenvalue weighted by molar-refractivity contribution is 6.28. The normalized spacial score (nSPS) is 13.3. The third-order valence-corrected chi connectivity index (χ3v) is 16.1. The first-order valence-corrected chi connectivity index (χ1v) is 24.7. The topological polar surface area (TPSA) is 35.6 Å². The molecular weight excluding hydrogens is 861 g/mol. The highest BCUT2D eigenvalue weighted by atomic mass is 15.1. The van der Waals surface area contributed by atoms with Crippen LogP contribution in [-0.2, 0) is 5.41 Å². The SMILES string of the molecule is CC1(C)c2cc3c4ccccc4c4ccccc4c3cc2-c2cc3c4ccc(-c5nc(-n6c7ccccc7c7ccccc76)cc(-n6c7ccccc7c7ccccc76)n5)cc4c4ccccc4c3cc21. The number of nitrogens with zero attached hydrogens (tertiary/aromatic N) is 4. The third-order valence-electron chi connectivity index (χ3n) is 16.1. The van der Waals surface area contributed by atoms with Gasteiger partial charge in [0.2, 0.25) is 0 Å². The van der Waals surface area contributed by atoms with Crippen molar-refractivity contribution in [2.45, 2.75) is 19.3 Å². The van der Waals surface area contributed by atoms with E-state index in [1.54, 1.807) is 0 Å². The first-order valence-electron chi connectivity index (χ1n) is 24.7. The Morgan fingerprint density at radius 3 is 0.958 bits per heavy atom. The van der Waals surface area contributed by atoms with Gasteiger partial charge in [0, 0.05) is 38.6 Å². The lowest BCUT2D eigenvalue weighted by Crippen LogP contribution is -2.15. The van der Waals surface area contributed by atoms with Gasteiger partial charge in [0.05, 0.1) is 22.1 Å². The van der Waals surface area contributed by atoms with Crippen molar-refractivity contribution in [1.82, 2.24) is 19.1 Å². The van der Waals surface area contributed by atoms with E-state index < -0.39 is 0 Å². The van der Waals surface area contributed by atoms with Gasteiger partial charge in [0.25, 0.3) is 0 Å². The van der Waals surface area contributed by atoms with Crippen molar-refractivity contribution < 1.29 is 0 Å². The van der Waals surface area contributed by atoms with E-state index in [2.05, 4.69) is 241 Å². The highest BCUT2D eigenvalue weighted by Gasteiger charge is 2.37. The fourth-order valence-electron chi connectivity index (χ4n) is 12.8. The average Bonchev–Trinajstić information content (AvgIpc) is 4.02. The van der Waals surface area contributed by atoms with Gasteiger partial charge in [-0.05, 0) is 141 Å². The Hall–Kier alpha value is -9.12. The number of fused-ring (bicyclic) bond motifs is 21. The van der Waals surface area contributed by atoms with Crippen LogP contribution < -0.4 is 0 Å². The minimum absolute atomic E-state index is 0.202. The number of hydrogen-bond donors (Lipinski definition) is 0. The molecule has 0 radical (unpaired) electrons. The molecule has 0 spiro atoms. The summed E-state index contributed by atoms with van der Waals surface area (Å²) in [7, 11) is 0. The Balaban J connectivity index is 0.960. The fraction of sp³-hybridized carbons (Fsp3) is 0.0448. The summed E-state index contributed by atoms with van der Waals surface area (Å²) in [4.78, 5) is 11.1. The summed E-state index contributed by atoms with van der Waals surface area (Å²) in [5.41, 5.74) is 10.6. The van der Waals surface area contributed by atoms with Gasteiger partial charge in [0.15, 0.2) is 5.82 Å². The molecule has 15 aromatic rings. The zero-order chi connectivity index (χ0) is 46.7. The predicted molar refractivity (Wildman–Crippen MR) is 299 cm³/mol. The van der Waals surface area contributed by atoms with E-state index in [1.165, 1.54) is 108 Å². The van der Waals surface area contributed by atoms with Gasteiger partial charge in [-0.2, -0.15) is 0 Å². The first kappa shape index (κ1) is 38.8. The molecular formula is C67H42N4. The minimum atomic E-state index is -0.202. The van der Waals surface area contributed by atoms with Crippen molar-refractivity contribution in [2.75, 3.05) is 0 Å². The molecule has 12 aromatic carbocycles. The quantitative estimate of drug-likeness (QED) is 0.166. The molecule has 3 aromatic heterocycles. The van der Waals surface area contributed by atoms with Crippen LogP contribution in [0.5, 0.6) is 0 Å². The van der Waals surface area contributed by atoms with E-state index in [0.717, 1.165) is 39.3 Å². The molecule has 16 rings (SSSR count). The Morgan fingerprint density at radius 2 is 0.577 bits per heavy atom. The second-order valence-corrected chi connectivity index (χ2v) is 20.1. The van der Waals surface area contributed by atoms with Crippen molar-refractivity contribution in [3.8, 4) is 34.2 Å². The maximum Gasteiger partial charge on any atom is 0.163 e. The summed E-state index contributed by atoms with van der Waals surface area (Å²) in [5, 5.41) is 20.0.